The monoisotopic (exact) mass is 404 g/mol. The lowest BCUT2D eigenvalue weighted by Gasteiger charge is -2.49. The van der Waals surface area contributed by atoms with Gasteiger partial charge in [0, 0.05) is 11.8 Å². The van der Waals surface area contributed by atoms with Crippen LogP contribution >= 0.6 is 0 Å². The molecule has 2 fully saturated rings. The summed E-state index contributed by atoms with van der Waals surface area (Å²) in [6.07, 6.45) is 6.84. The van der Waals surface area contributed by atoms with Gasteiger partial charge in [-0.25, -0.2) is 0 Å². The standard InChI is InChI=1S/C25H40O4/c1-15-7-17(3)21(18(4)8-15)23-26-11-25(12-27-23)13-28-24(29-14-25)22-19(5)9-16(2)10-20(22)6/h7,9,17-24H,8,10-14H2,1-6H3/t17-,18-,19-,20+,21-,22+,23?,24?,25?/m0/s1. The summed E-state index contributed by atoms with van der Waals surface area (Å²) in [6.45, 7) is 16.4. The fourth-order valence-electron chi connectivity index (χ4n) is 6.44. The van der Waals surface area contributed by atoms with Gasteiger partial charge < -0.3 is 18.9 Å². The molecule has 0 radical (unpaired) electrons. The van der Waals surface area contributed by atoms with Gasteiger partial charge in [0.2, 0.25) is 0 Å². The smallest absolute Gasteiger partial charge is 0.161 e. The van der Waals surface area contributed by atoms with Crippen molar-refractivity contribution in [2.24, 2.45) is 40.9 Å². The van der Waals surface area contributed by atoms with Crippen LogP contribution < -0.4 is 0 Å². The van der Waals surface area contributed by atoms with E-state index in [-0.39, 0.29) is 18.0 Å². The molecule has 29 heavy (non-hydrogen) atoms. The highest BCUT2D eigenvalue weighted by Crippen LogP contribution is 2.43. The molecule has 0 saturated carbocycles. The lowest BCUT2D eigenvalue weighted by Crippen LogP contribution is -2.56. The minimum atomic E-state index is -0.160. The van der Waals surface area contributed by atoms with Crippen LogP contribution in [0, 0.1) is 40.9 Å². The molecule has 0 aromatic heterocycles. The molecule has 2 saturated heterocycles. The molecule has 0 bridgehead atoms. The van der Waals surface area contributed by atoms with Crippen molar-refractivity contribution in [1.29, 1.82) is 0 Å². The third kappa shape index (κ3) is 4.37. The molecule has 0 aromatic carbocycles. The van der Waals surface area contributed by atoms with Crippen molar-refractivity contribution in [1.82, 2.24) is 0 Å². The molecule has 0 aromatic rings. The average molecular weight is 405 g/mol. The molecule has 4 rings (SSSR count). The Kier molecular flexibility index (Phi) is 6.28. The van der Waals surface area contributed by atoms with Gasteiger partial charge >= 0.3 is 0 Å². The molecule has 2 heterocycles. The predicted molar refractivity (Wildman–Crippen MR) is 114 cm³/mol. The first kappa shape index (κ1) is 21.5. The van der Waals surface area contributed by atoms with Gasteiger partial charge in [0.05, 0.1) is 31.8 Å². The van der Waals surface area contributed by atoms with Crippen LogP contribution in [0.2, 0.25) is 0 Å². The minimum Gasteiger partial charge on any atom is -0.351 e. The zero-order valence-electron chi connectivity index (χ0n) is 19.1. The van der Waals surface area contributed by atoms with Gasteiger partial charge in [-0.3, -0.25) is 0 Å². The van der Waals surface area contributed by atoms with E-state index in [0.29, 0.717) is 61.9 Å². The van der Waals surface area contributed by atoms with Gasteiger partial charge in [-0.2, -0.15) is 0 Å². The van der Waals surface area contributed by atoms with E-state index in [1.807, 2.05) is 0 Å². The van der Waals surface area contributed by atoms with Gasteiger partial charge in [-0.1, -0.05) is 51.0 Å². The molecule has 2 aliphatic carbocycles. The molecule has 4 heteroatoms. The first-order valence-electron chi connectivity index (χ1n) is 11.6. The van der Waals surface area contributed by atoms with Crippen LogP contribution in [-0.4, -0.2) is 39.0 Å². The largest absolute Gasteiger partial charge is 0.351 e. The highest BCUT2D eigenvalue weighted by Gasteiger charge is 2.47. The molecule has 6 atom stereocenters. The van der Waals surface area contributed by atoms with E-state index in [0.717, 1.165) is 12.8 Å². The van der Waals surface area contributed by atoms with Crippen molar-refractivity contribution in [3.63, 3.8) is 0 Å². The molecular formula is C25H40O4. The van der Waals surface area contributed by atoms with Crippen molar-refractivity contribution >= 4 is 0 Å². The van der Waals surface area contributed by atoms with Gasteiger partial charge in [0.25, 0.3) is 0 Å². The lowest BCUT2D eigenvalue weighted by molar-refractivity contribution is -0.327. The summed E-state index contributed by atoms with van der Waals surface area (Å²) in [4.78, 5) is 0. The van der Waals surface area contributed by atoms with Crippen LogP contribution in [0.25, 0.3) is 0 Å². The van der Waals surface area contributed by atoms with Crippen LogP contribution in [0.15, 0.2) is 23.3 Å². The molecule has 164 valence electrons. The molecular weight excluding hydrogens is 364 g/mol. The third-order valence-corrected chi connectivity index (χ3v) is 7.75. The Morgan fingerprint density at radius 1 is 0.655 bits per heavy atom. The van der Waals surface area contributed by atoms with Crippen LogP contribution in [0.5, 0.6) is 0 Å². The number of hydrogen-bond donors (Lipinski definition) is 0. The Bertz CT molecular complexity index is 578. The SMILES string of the molecule is CC1=C[C@H](C)[C@@H](C2OCC3(CO2)COC([C@H]2[C@@H](C)C=C(C)C[C@@H]2C)OC3)[C@H](C)C1. The molecule has 0 N–H and O–H groups in total. The number of allylic oxidation sites excluding steroid dienone is 4. The Morgan fingerprint density at radius 2 is 1.00 bits per heavy atom. The Morgan fingerprint density at radius 3 is 1.31 bits per heavy atom. The summed E-state index contributed by atoms with van der Waals surface area (Å²) in [5.74, 6) is 3.01. The zero-order chi connectivity index (χ0) is 20.8. The van der Waals surface area contributed by atoms with Gasteiger partial charge in [-0.15, -0.1) is 0 Å². The van der Waals surface area contributed by atoms with Gasteiger partial charge in [-0.05, 0) is 50.4 Å². The van der Waals surface area contributed by atoms with Crippen molar-refractivity contribution in [2.45, 2.75) is 67.0 Å². The quantitative estimate of drug-likeness (QED) is 0.593. The molecule has 0 unspecified atom stereocenters. The van der Waals surface area contributed by atoms with E-state index in [1.165, 1.54) is 11.1 Å². The normalized spacial score (nSPS) is 48.9. The van der Waals surface area contributed by atoms with E-state index >= 15 is 0 Å². The van der Waals surface area contributed by atoms with E-state index < -0.39 is 0 Å². The van der Waals surface area contributed by atoms with Crippen LogP contribution in [-0.2, 0) is 18.9 Å². The molecule has 2 aliphatic heterocycles. The van der Waals surface area contributed by atoms with E-state index in [2.05, 4.69) is 53.7 Å². The van der Waals surface area contributed by atoms with E-state index in [1.54, 1.807) is 0 Å². The van der Waals surface area contributed by atoms with Crippen molar-refractivity contribution in [3.8, 4) is 0 Å². The maximum Gasteiger partial charge on any atom is 0.161 e. The van der Waals surface area contributed by atoms with Crippen LogP contribution in [0.1, 0.15) is 54.4 Å². The Hall–Kier alpha value is -0.680. The van der Waals surface area contributed by atoms with Gasteiger partial charge in [0.1, 0.15) is 0 Å². The predicted octanol–water partition coefficient (Wildman–Crippen LogP) is 5.20. The highest BCUT2D eigenvalue weighted by atomic mass is 16.7. The summed E-state index contributed by atoms with van der Waals surface area (Å²) >= 11 is 0. The maximum absolute atomic E-state index is 6.30. The highest BCUT2D eigenvalue weighted by molar-refractivity contribution is 5.10. The average Bonchev–Trinajstić information content (AvgIpc) is 2.63. The third-order valence-electron chi connectivity index (χ3n) is 7.75. The van der Waals surface area contributed by atoms with Crippen LogP contribution in [0.3, 0.4) is 0 Å². The summed E-state index contributed by atoms with van der Waals surface area (Å²) in [5.41, 5.74) is 2.82. The van der Waals surface area contributed by atoms with E-state index in [4.69, 9.17) is 18.9 Å². The van der Waals surface area contributed by atoms with Crippen molar-refractivity contribution < 1.29 is 18.9 Å². The second kappa shape index (κ2) is 8.45. The summed E-state index contributed by atoms with van der Waals surface area (Å²) < 4.78 is 25.2. The Labute approximate surface area is 177 Å². The summed E-state index contributed by atoms with van der Waals surface area (Å²) in [5, 5.41) is 0. The number of rotatable bonds is 2. The zero-order valence-corrected chi connectivity index (χ0v) is 19.1. The summed E-state index contributed by atoms with van der Waals surface area (Å²) in [7, 11) is 0. The first-order valence-corrected chi connectivity index (χ1v) is 11.6. The second-order valence-corrected chi connectivity index (χ2v) is 10.7. The fraction of sp³-hybridized carbons (Fsp3) is 0.840. The van der Waals surface area contributed by atoms with E-state index in [9.17, 15) is 0 Å². The lowest BCUT2D eigenvalue weighted by atomic mass is 9.74. The fourth-order valence-corrected chi connectivity index (χ4v) is 6.44. The van der Waals surface area contributed by atoms with Gasteiger partial charge in [0.15, 0.2) is 12.6 Å². The molecule has 0 amide bonds. The number of ether oxygens (including phenoxy) is 4. The first-order chi connectivity index (χ1) is 13.8. The maximum atomic E-state index is 6.30. The topological polar surface area (TPSA) is 36.9 Å². The number of hydrogen-bond acceptors (Lipinski definition) is 4. The van der Waals surface area contributed by atoms with Crippen LogP contribution in [0.4, 0.5) is 0 Å². The molecule has 1 spiro atoms. The summed E-state index contributed by atoms with van der Waals surface area (Å²) in [6, 6.07) is 0. The van der Waals surface area contributed by atoms with Crippen molar-refractivity contribution in [2.75, 3.05) is 26.4 Å². The molecule has 4 aliphatic rings. The van der Waals surface area contributed by atoms with Crippen molar-refractivity contribution in [3.05, 3.63) is 23.3 Å². The second-order valence-electron chi connectivity index (χ2n) is 10.7. The Balaban J connectivity index is 1.33. The molecule has 4 nitrogen and oxygen atoms in total. The minimum absolute atomic E-state index is 0.112.